The van der Waals surface area contributed by atoms with Gasteiger partial charge in [0.2, 0.25) is 6.54 Å². The molecule has 2 unspecified atom stereocenters. The molecule has 38 heavy (non-hydrogen) atoms. The number of nitrogens with zero attached hydrogens (tertiary/aromatic N) is 3. The third-order valence-electron chi connectivity index (χ3n) is 7.38. The molecule has 0 saturated carbocycles. The van der Waals surface area contributed by atoms with E-state index in [9.17, 15) is 4.79 Å². The zero-order valence-corrected chi connectivity index (χ0v) is 27.1. The van der Waals surface area contributed by atoms with Crippen molar-refractivity contribution in [1.82, 2.24) is 14.9 Å². The van der Waals surface area contributed by atoms with E-state index in [4.69, 9.17) is 24.8 Å². The number of amides is 2. The molecule has 2 heterocycles. The summed E-state index contributed by atoms with van der Waals surface area (Å²) in [5.74, 6) is 0. The van der Waals surface area contributed by atoms with E-state index >= 15 is 0 Å². The van der Waals surface area contributed by atoms with Crippen LogP contribution >= 0.6 is 8.53 Å². The van der Waals surface area contributed by atoms with Crippen LogP contribution in [0.5, 0.6) is 0 Å². The van der Waals surface area contributed by atoms with Crippen LogP contribution in [0.1, 0.15) is 61.8 Å². The molecule has 1 fully saturated rings. The maximum atomic E-state index is 12.2. The second kappa shape index (κ2) is 13.4. The van der Waals surface area contributed by atoms with Gasteiger partial charge >= 0.3 is 6.03 Å². The highest BCUT2D eigenvalue weighted by Gasteiger charge is 2.53. The third kappa shape index (κ3) is 7.66. The normalized spacial score (nSPS) is 25.7. The third-order valence-corrected chi connectivity index (χ3v) is 14.0. The van der Waals surface area contributed by atoms with Crippen LogP contribution in [-0.2, 0) is 18.2 Å². The molecule has 0 aromatic rings. The van der Waals surface area contributed by atoms with Gasteiger partial charge in [0.1, 0.15) is 24.9 Å². The molecule has 0 spiro atoms. The van der Waals surface area contributed by atoms with E-state index in [0.717, 1.165) is 12.0 Å². The molecule has 1 N–H and O–H groups in total. The van der Waals surface area contributed by atoms with Gasteiger partial charge in [-0.2, -0.15) is 0 Å². The Balaban J connectivity index is 2.56. The summed E-state index contributed by atoms with van der Waals surface area (Å²) < 4.78 is 29.1. The van der Waals surface area contributed by atoms with Crippen LogP contribution in [0.25, 0.3) is 4.85 Å². The predicted octanol–water partition coefficient (Wildman–Crippen LogP) is 6.27. The first-order valence-corrected chi connectivity index (χ1v) is 17.6. The molecule has 2 aliphatic rings. The number of hydrogen-bond acceptors (Lipinski definition) is 6. The summed E-state index contributed by atoms with van der Waals surface area (Å²) in [5, 5.41) is 2.81. The Morgan fingerprint density at radius 3 is 2.37 bits per heavy atom. The smallest absolute Gasteiger partial charge is 0.325 e. The molecule has 2 rings (SSSR count). The van der Waals surface area contributed by atoms with E-state index < -0.39 is 35.2 Å². The monoisotopic (exact) mass is 568 g/mol. The summed E-state index contributed by atoms with van der Waals surface area (Å²) in [6, 6.07) is 0.119. The van der Waals surface area contributed by atoms with E-state index in [1.165, 1.54) is 4.90 Å². The van der Waals surface area contributed by atoms with Crippen LogP contribution in [-0.4, -0.2) is 80.6 Å². The van der Waals surface area contributed by atoms with Crippen LogP contribution in [0.4, 0.5) is 4.79 Å². The molecular formula is C27H49N4O5PSi. The van der Waals surface area contributed by atoms with Gasteiger partial charge < -0.3 is 33.3 Å². The molecule has 0 aromatic carbocycles. The van der Waals surface area contributed by atoms with E-state index in [0.29, 0.717) is 12.3 Å². The first kappa shape index (κ1) is 32.9. The van der Waals surface area contributed by atoms with Gasteiger partial charge in [0.25, 0.3) is 8.53 Å². The first-order chi connectivity index (χ1) is 17.5. The second-order valence-corrected chi connectivity index (χ2v) is 18.2. The van der Waals surface area contributed by atoms with Gasteiger partial charge in [0, 0.05) is 36.6 Å². The summed E-state index contributed by atoms with van der Waals surface area (Å²) in [4.78, 5) is 17.2. The highest BCUT2D eigenvalue weighted by atomic mass is 31.2. The van der Waals surface area contributed by atoms with Crippen molar-refractivity contribution in [3.05, 3.63) is 35.5 Å². The highest BCUT2D eigenvalue weighted by Crippen LogP contribution is 2.51. The highest BCUT2D eigenvalue weighted by molar-refractivity contribution is 7.44. The molecule has 0 radical (unpaired) electrons. The average molecular weight is 569 g/mol. The van der Waals surface area contributed by atoms with Crippen molar-refractivity contribution in [1.29, 1.82) is 0 Å². The zero-order chi connectivity index (χ0) is 29.0. The fourth-order valence-corrected chi connectivity index (χ4v) is 7.40. The van der Waals surface area contributed by atoms with Gasteiger partial charge in [0.15, 0.2) is 8.32 Å². The number of rotatable bonds is 12. The van der Waals surface area contributed by atoms with Crippen molar-refractivity contribution in [2.24, 2.45) is 0 Å². The van der Waals surface area contributed by atoms with Gasteiger partial charge in [-0.1, -0.05) is 34.3 Å². The average Bonchev–Trinajstić information content (AvgIpc) is 3.11. The maximum Gasteiger partial charge on any atom is 0.325 e. The Morgan fingerprint density at radius 1 is 1.26 bits per heavy atom. The first-order valence-electron chi connectivity index (χ1n) is 13.5. The number of ether oxygens (including phenoxy) is 1. The van der Waals surface area contributed by atoms with Gasteiger partial charge in [0.05, 0.1) is 6.10 Å². The lowest BCUT2D eigenvalue weighted by molar-refractivity contribution is 0.0208. The van der Waals surface area contributed by atoms with Gasteiger partial charge in [-0.15, -0.1) is 0 Å². The van der Waals surface area contributed by atoms with Crippen LogP contribution in [0.3, 0.4) is 0 Å². The largest absolute Gasteiger partial charge is 0.408 e. The van der Waals surface area contributed by atoms with Gasteiger partial charge in [-0.3, -0.25) is 0 Å². The summed E-state index contributed by atoms with van der Waals surface area (Å²) in [6.45, 7) is 33.6. The van der Waals surface area contributed by atoms with Crippen molar-refractivity contribution in [2.75, 3.05) is 20.2 Å². The number of carbonyl (C=O) groups is 1. The Bertz CT molecular complexity index is 906. The summed E-state index contributed by atoms with van der Waals surface area (Å²) in [5.41, 5.74) is 1.29. The maximum absolute atomic E-state index is 12.2. The van der Waals surface area contributed by atoms with Crippen LogP contribution in [0.2, 0.25) is 18.1 Å². The minimum absolute atomic E-state index is 0.0336. The molecule has 0 bridgehead atoms. The number of carbonyl (C=O) groups excluding carboxylic acids is 1. The lowest BCUT2D eigenvalue weighted by Gasteiger charge is -2.42. The van der Waals surface area contributed by atoms with Gasteiger partial charge in [-0.25, -0.2) is 16.0 Å². The topological polar surface area (TPSA) is 76.9 Å². The Kier molecular flexibility index (Phi) is 11.6. The lowest BCUT2D eigenvalue weighted by atomic mass is 9.99. The second-order valence-electron chi connectivity index (χ2n) is 12.0. The lowest BCUT2D eigenvalue weighted by Crippen LogP contribution is -2.51. The summed E-state index contributed by atoms with van der Waals surface area (Å²) in [7, 11) is -2.06. The van der Waals surface area contributed by atoms with Crippen LogP contribution < -0.4 is 5.32 Å². The zero-order valence-electron chi connectivity index (χ0n) is 25.2. The molecular weight excluding hydrogens is 519 g/mol. The van der Waals surface area contributed by atoms with E-state index in [1.54, 1.807) is 13.2 Å². The standard InChI is InChI=1S/C27H49N4O5PSi/c1-14-22-24(35-37(33-16-15-28-10)31(18(2)3)19(4)5)25(36-38(12,13)27(7,8)9)23(34-22)21-17-30(11)26(32)29-20(21)6/h17-19,22-25H,6,14-16H2,1-5,7-9,11-13H3,(H,29,32)/t22-,23+,24?,25-,37?/m1/s1. The van der Waals surface area contributed by atoms with Crippen molar-refractivity contribution in [3.63, 3.8) is 0 Å². The number of nitrogens with one attached hydrogen (secondary N) is 1. The number of hydrogen-bond donors (Lipinski definition) is 1. The minimum Gasteiger partial charge on any atom is -0.408 e. The molecule has 5 atom stereocenters. The molecule has 9 nitrogen and oxygen atoms in total. The minimum atomic E-state index is -2.27. The summed E-state index contributed by atoms with van der Waals surface area (Å²) in [6.07, 6.45) is 0.947. The quantitative estimate of drug-likeness (QED) is 0.129. The fourth-order valence-electron chi connectivity index (χ4n) is 4.35. The van der Waals surface area contributed by atoms with Crippen molar-refractivity contribution in [3.8, 4) is 0 Å². The van der Waals surface area contributed by atoms with Crippen LogP contribution in [0.15, 0.2) is 24.0 Å². The Labute approximate surface area is 232 Å². The predicted molar refractivity (Wildman–Crippen MR) is 156 cm³/mol. The van der Waals surface area contributed by atoms with Gasteiger partial charge in [-0.05, 0) is 52.2 Å². The van der Waals surface area contributed by atoms with Crippen molar-refractivity contribution < 1.29 is 23.0 Å². The number of urea groups is 1. The molecule has 2 aliphatic heterocycles. The van der Waals surface area contributed by atoms with Crippen LogP contribution in [0, 0.1) is 6.57 Å². The molecule has 2 amide bonds. The molecule has 0 aliphatic carbocycles. The van der Waals surface area contributed by atoms with Crippen molar-refractivity contribution in [2.45, 2.75) is 116 Å². The molecule has 0 aromatic heterocycles. The summed E-state index contributed by atoms with van der Waals surface area (Å²) >= 11 is 0. The van der Waals surface area contributed by atoms with E-state index in [1.807, 2.05) is 0 Å². The Morgan fingerprint density at radius 2 is 1.87 bits per heavy atom. The van der Waals surface area contributed by atoms with E-state index in [2.05, 4.69) is 89.9 Å². The van der Waals surface area contributed by atoms with E-state index in [-0.39, 0.29) is 35.8 Å². The fraction of sp³-hybridized carbons (Fsp3) is 0.778. The molecule has 1 saturated heterocycles. The SMILES string of the molecule is [C-]#[N+]CCOP(OC1[C@@H](CC)O[C@@H](C2=CN(C)C(=O)NC2=C)[C@H]1O[Si](C)(C)C(C)(C)C)N(C(C)C)C(C)C. The Hall–Kier alpha value is -1.31. The molecule has 216 valence electrons. The molecule has 11 heteroatoms. The van der Waals surface area contributed by atoms with Crippen molar-refractivity contribution >= 4 is 22.9 Å².